The fraction of sp³-hybridized carbons (Fsp3) is 0.633. The van der Waals surface area contributed by atoms with Crippen LogP contribution in [-0.4, -0.2) is 65.8 Å². The van der Waals surface area contributed by atoms with Crippen molar-refractivity contribution in [2.24, 2.45) is 56.7 Å². The Balaban J connectivity index is 1.08. The summed E-state index contributed by atoms with van der Waals surface area (Å²) >= 11 is 0. The predicted octanol–water partition coefficient (Wildman–Crippen LogP) is 8.62. The topological polar surface area (TPSA) is 96.3 Å². The number of rotatable bonds is 10. The number of benzene rings is 2. The molecule has 0 aromatic heterocycles. The van der Waals surface area contributed by atoms with Crippen LogP contribution in [0.15, 0.2) is 72.3 Å². The molecule has 2 N–H and O–H groups in total. The lowest BCUT2D eigenvalue weighted by Crippen LogP contribution is -2.67. The van der Waals surface area contributed by atoms with E-state index in [9.17, 15) is 19.8 Å². The number of aliphatic hydroxyl groups excluding tert-OH is 1. The van der Waals surface area contributed by atoms with Crippen molar-refractivity contribution in [1.82, 2.24) is 4.90 Å². The highest BCUT2D eigenvalue weighted by atomic mass is 16.5. The van der Waals surface area contributed by atoms with Crippen LogP contribution in [0.25, 0.3) is 0 Å². The highest BCUT2D eigenvalue weighted by Gasteiger charge is 2.74. The van der Waals surface area contributed by atoms with E-state index in [4.69, 9.17) is 9.47 Å². The van der Waals surface area contributed by atoms with Crippen LogP contribution in [0.3, 0.4) is 0 Å². The van der Waals surface area contributed by atoms with Crippen LogP contribution in [0.4, 0.5) is 0 Å². The van der Waals surface area contributed by atoms with E-state index in [0.29, 0.717) is 54.8 Å². The van der Waals surface area contributed by atoms with Crippen LogP contribution in [-0.2, 0) is 11.2 Å². The smallest absolute Gasteiger partial charge is 0.227 e. The minimum absolute atomic E-state index is 0.0275. The maximum absolute atomic E-state index is 14.9. The van der Waals surface area contributed by atoms with Gasteiger partial charge in [-0.2, -0.15) is 0 Å². The first kappa shape index (κ1) is 38.1. The van der Waals surface area contributed by atoms with E-state index in [1.807, 2.05) is 53.4 Å². The molecule has 7 nitrogen and oxygen atoms in total. The molecular formula is C49H63NO6. The van der Waals surface area contributed by atoms with Crippen molar-refractivity contribution in [2.75, 3.05) is 27.3 Å². The molecule has 0 aliphatic heterocycles. The van der Waals surface area contributed by atoms with E-state index in [2.05, 4.69) is 45.9 Å². The fourth-order valence-electron chi connectivity index (χ4n) is 14.7. The van der Waals surface area contributed by atoms with Crippen LogP contribution >= 0.6 is 0 Å². The molecule has 1 amide bonds. The molecule has 300 valence electrons. The molecule has 2 aromatic rings. The van der Waals surface area contributed by atoms with E-state index in [1.54, 1.807) is 14.2 Å². The Labute approximate surface area is 333 Å². The molecular weight excluding hydrogens is 699 g/mol. The second kappa shape index (κ2) is 13.0. The summed E-state index contributed by atoms with van der Waals surface area (Å²) in [5, 5.41) is 24.5. The lowest BCUT2D eigenvalue weighted by atomic mass is 9.32. The summed E-state index contributed by atoms with van der Waals surface area (Å²) in [7, 11) is 3.24. The maximum Gasteiger partial charge on any atom is 0.227 e. The summed E-state index contributed by atoms with van der Waals surface area (Å²) in [6, 6.07) is 15.4. The van der Waals surface area contributed by atoms with Crippen molar-refractivity contribution in [2.45, 2.75) is 110 Å². The third-order valence-electron chi connectivity index (χ3n) is 18.1. The molecule has 2 aromatic carbocycles. The third kappa shape index (κ3) is 5.20. The summed E-state index contributed by atoms with van der Waals surface area (Å²) in [5.41, 5.74) is 0.0550. The lowest BCUT2D eigenvalue weighted by molar-refractivity contribution is -0.180. The van der Waals surface area contributed by atoms with E-state index < -0.39 is 22.5 Å². The Morgan fingerprint density at radius 3 is 2.27 bits per heavy atom. The summed E-state index contributed by atoms with van der Waals surface area (Å²) in [6.45, 7) is 10.5. The number of carbonyl (C=O) groups is 2. The minimum Gasteiger partial charge on any atom is -0.493 e. The van der Waals surface area contributed by atoms with Gasteiger partial charge >= 0.3 is 0 Å². The number of hydrogen-bond donors (Lipinski definition) is 2. The van der Waals surface area contributed by atoms with Gasteiger partial charge in [0.15, 0.2) is 17.3 Å². The number of ether oxygens (including phenoxy) is 2. The number of aliphatic hydroxyl groups is 2. The zero-order chi connectivity index (χ0) is 39.5. The van der Waals surface area contributed by atoms with Gasteiger partial charge in [-0.15, -0.1) is 0 Å². The molecule has 11 rings (SSSR count). The van der Waals surface area contributed by atoms with Gasteiger partial charge in [-0.05, 0) is 122 Å². The molecule has 11 atom stereocenters. The zero-order valence-corrected chi connectivity index (χ0v) is 34.5. The number of Topliss-reactive ketones (excluding diaryl/α,β-unsaturated/α-hetero) is 1. The number of nitrogens with zero attached hydrogens (tertiary/aromatic N) is 1. The van der Waals surface area contributed by atoms with Crippen LogP contribution in [0, 0.1) is 56.7 Å². The quantitative estimate of drug-likeness (QED) is 0.186. The number of allylic oxidation sites excluding steroid dienone is 4. The van der Waals surface area contributed by atoms with Crippen LogP contribution < -0.4 is 9.47 Å². The molecule has 56 heavy (non-hydrogen) atoms. The second-order valence-corrected chi connectivity index (χ2v) is 20.3. The third-order valence-corrected chi connectivity index (χ3v) is 18.1. The number of fused-ring (bicyclic) bond motifs is 3. The van der Waals surface area contributed by atoms with Gasteiger partial charge in [-0.1, -0.05) is 82.3 Å². The van der Waals surface area contributed by atoms with Gasteiger partial charge in [0.2, 0.25) is 5.91 Å². The van der Waals surface area contributed by atoms with Gasteiger partial charge < -0.3 is 24.6 Å². The van der Waals surface area contributed by atoms with E-state index in [1.165, 1.54) is 12.8 Å². The Bertz CT molecular complexity index is 1970. The molecule has 4 bridgehead atoms. The summed E-state index contributed by atoms with van der Waals surface area (Å²) < 4.78 is 11.1. The Morgan fingerprint density at radius 2 is 1.55 bits per heavy atom. The molecule has 0 saturated heterocycles. The Hall–Kier alpha value is -3.42. The molecule has 0 radical (unpaired) electrons. The SMILES string of the molecule is COc1ccc(CC(=O)N(C[C@@H]2CC[C@H]3C[C@@H]2C3(C)C)C[C@]2(O)CC[C@H]3[C@]45C=C[C@@]6(C=C4C(=O)c4ccccc4)CC(O)CC[C@]6(C)[C@H]5CC[C@@]32C)cc1OC. The molecule has 9 aliphatic carbocycles. The van der Waals surface area contributed by atoms with E-state index in [-0.39, 0.29) is 46.2 Å². The van der Waals surface area contributed by atoms with Crippen molar-refractivity contribution >= 4 is 11.7 Å². The number of carbonyl (C=O) groups excluding carboxylic acids is 2. The highest BCUT2D eigenvalue weighted by Crippen LogP contribution is 2.78. The number of methoxy groups -OCH3 is 2. The minimum atomic E-state index is -1.12. The van der Waals surface area contributed by atoms with Crippen LogP contribution in [0.2, 0.25) is 0 Å². The fourth-order valence-corrected chi connectivity index (χ4v) is 14.7. The van der Waals surface area contributed by atoms with Crippen LogP contribution in [0.1, 0.15) is 108 Å². The van der Waals surface area contributed by atoms with Crippen LogP contribution in [0.5, 0.6) is 11.5 Å². The Kier molecular flexibility index (Phi) is 8.88. The summed E-state index contributed by atoms with van der Waals surface area (Å²) in [5.74, 6) is 3.34. The van der Waals surface area contributed by atoms with Crippen molar-refractivity contribution < 1.29 is 29.3 Å². The van der Waals surface area contributed by atoms with Crippen molar-refractivity contribution in [3.05, 3.63) is 83.5 Å². The molecule has 6 fully saturated rings. The first-order valence-electron chi connectivity index (χ1n) is 21.6. The van der Waals surface area contributed by atoms with E-state index in [0.717, 1.165) is 55.6 Å². The molecule has 9 aliphatic rings. The molecule has 2 spiro atoms. The average molecular weight is 762 g/mol. The Morgan fingerprint density at radius 1 is 0.839 bits per heavy atom. The zero-order valence-electron chi connectivity index (χ0n) is 34.5. The molecule has 6 saturated carbocycles. The normalized spacial score (nSPS) is 41.0. The van der Waals surface area contributed by atoms with Gasteiger partial charge in [0.05, 0.1) is 32.3 Å². The molecule has 7 heteroatoms. The van der Waals surface area contributed by atoms with Gasteiger partial charge in [0.25, 0.3) is 0 Å². The van der Waals surface area contributed by atoms with E-state index >= 15 is 0 Å². The maximum atomic E-state index is 14.9. The van der Waals surface area contributed by atoms with Crippen molar-refractivity contribution in [3.63, 3.8) is 0 Å². The second-order valence-electron chi connectivity index (χ2n) is 20.3. The van der Waals surface area contributed by atoms with Gasteiger partial charge in [0.1, 0.15) is 0 Å². The largest absolute Gasteiger partial charge is 0.493 e. The van der Waals surface area contributed by atoms with Gasteiger partial charge in [-0.3, -0.25) is 9.59 Å². The summed E-state index contributed by atoms with van der Waals surface area (Å²) in [4.78, 5) is 31.7. The van der Waals surface area contributed by atoms with Gasteiger partial charge in [-0.25, -0.2) is 0 Å². The monoisotopic (exact) mass is 761 g/mol. The predicted molar refractivity (Wildman–Crippen MR) is 217 cm³/mol. The standard InChI is InChI=1S/C49H63NO6/c1-44(2)34-14-13-33(36(44)26-34)29-50(42(52)25-31-12-15-38(55-5)39(24-31)56-6)30-48(54)21-18-41-46(48,4)20-17-40-45(3)19-16-35(51)27-47(45)22-23-49(40,41)37(28-47)43(53)32-10-8-7-9-11-32/h7-12,15,22-24,28,33-36,40-41,51,54H,13-14,16-21,25-27,29-30H2,1-6H3/t33-,34-,35?,36-,40+,41+,45+,46-,47-,48+,49+/m0/s1. The number of hydrogen-bond acceptors (Lipinski definition) is 6. The van der Waals surface area contributed by atoms with Crippen molar-refractivity contribution in [3.8, 4) is 11.5 Å². The van der Waals surface area contributed by atoms with Gasteiger partial charge in [0, 0.05) is 40.5 Å². The molecule has 0 heterocycles. The molecule has 1 unspecified atom stereocenters. The average Bonchev–Trinajstić information content (AvgIpc) is 3.47. The summed E-state index contributed by atoms with van der Waals surface area (Å²) in [6.07, 6.45) is 15.9. The first-order valence-corrected chi connectivity index (χ1v) is 21.6. The lowest BCUT2D eigenvalue weighted by Gasteiger charge is -2.71. The van der Waals surface area contributed by atoms with Crippen molar-refractivity contribution in [1.29, 1.82) is 0 Å². The number of amides is 1. The highest BCUT2D eigenvalue weighted by molar-refractivity contribution is 6.10. The number of ketones is 1. The first-order chi connectivity index (χ1) is 26.6.